The molecule has 0 saturated heterocycles. The third kappa shape index (κ3) is 2.76. The summed E-state index contributed by atoms with van der Waals surface area (Å²) in [4.78, 5) is 0. The SMILES string of the molecule is CCO[C]1CCCCC1OCC. The van der Waals surface area contributed by atoms with Gasteiger partial charge in [0.25, 0.3) is 0 Å². The smallest absolute Gasteiger partial charge is 0.126 e. The van der Waals surface area contributed by atoms with Crippen LogP contribution in [0.1, 0.15) is 39.5 Å². The Bertz CT molecular complexity index is 96.4. The second-order valence-electron chi connectivity index (χ2n) is 3.09. The molecule has 2 nitrogen and oxygen atoms in total. The van der Waals surface area contributed by atoms with Gasteiger partial charge in [0.15, 0.2) is 0 Å². The second-order valence-corrected chi connectivity index (χ2v) is 3.09. The van der Waals surface area contributed by atoms with E-state index in [2.05, 4.69) is 0 Å². The molecule has 0 heterocycles. The van der Waals surface area contributed by atoms with Crippen molar-refractivity contribution in [2.24, 2.45) is 0 Å². The van der Waals surface area contributed by atoms with Crippen molar-refractivity contribution in [3.63, 3.8) is 0 Å². The van der Waals surface area contributed by atoms with Gasteiger partial charge in [0.1, 0.15) is 6.10 Å². The van der Waals surface area contributed by atoms with Crippen molar-refractivity contribution in [2.45, 2.75) is 45.6 Å². The minimum absolute atomic E-state index is 0.281. The zero-order chi connectivity index (χ0) is 8.81. The summed E-state index contributed by atoms with van der Waals surface area (Å²) in [6.45, 7) is 5.64. The van der Waals surface area contributed by atoms with Gasteiger partial charge in [0.05, 0.1) is 6.10 Å². The zero-order valence-corrected chi connectivity index (χ0v) is 8.14. The van der Waals surface area contributed by atoms with Gasteiger partial charge < -0.3 is 9.47 Å². The first-order valence-corrected chi connectivity index (χ1v) is 4.98. The average Bonchev–Trinajstić information content (AvgIpc) is 2.09. The summed E-state index contributed by atoms with van der Waals surface area (Å²) in [5.74, 6) is 0. The van der Waals surface area contributed by atoms with E-state index in [0.29, 0.717) is 0 Å². The van der Waals surface area contributed by atoms with Crippen molar-refractivity contribution < 1.29 is 9.47 Å². The third-order valence-corrected chi connectivity index (χ3v) is 2.20. The molecule has 12 heavy (non-hydrogen) atoms. The van der Waals surface area contributed by atoms with Crippen LogP contribution >= 0.6 is 0 Å². The van der Waals surface area contributed by atoms with Crippen LogP contribution in [0.15, 0.2) is 0 Å². The normalized spacial score (nSPS) is 26.0. The molecule has 0 aromatic carbocycles. The maximum atomic E-state index is 5.59. The highest BCUT2D eigenvalue weighted by Crippen LogP contribution is 2.29. The molecule has 0 bridgehead atoms. The molecular formula is C10H19O2. The Morgan fingerprint density at radius 2 is 2.08 bits per heavy atom. The van der Waals surface area contributed by atoms with Gasteiger partial charge in [-0.1, -0.05) is 12.8 Å². The van der Waals surface area contributed by atoms with E-state index >= 15 is 0 Å². The molecule has 1 atom stereocenters. The molecule has 0 aromatic heterocycles. The summed E-state index contributed by atoms with van der Waals surface area (Å²) in [6.07, 6.45) is 6.23. The van der Waals surface area contributed by atoms with Crippen LogP contribution in [0.3, 0.4) is 0 Å². The van der Waals surface area contributed by atoms with E-state index in [1.165, 1.54) is 18.9 Å². The summed E-state index contributed by atoms with van der Waals surface area (Å²) >= 11 is 0. The number of hydrogen-bond acceptors (Lipinski definition) is 2. The minimum Gasteiger partial charge on any atom is -0.375 e. The van der Waals surface area contributed by atoms with Crippen LogP contribution in [-0.2, 0) is 9.47 Å². The largest absolute Gasteiger partial charge is 0.375 e. The summed E-state index contributed by atoms with van der Waals surface area (Å²) in [5, 5.41) is 0. The molecule has 1 radical (unpaired) electrons. The van der Waals surface area contributed by atoms with Gasteiger partial charge in [-0.15, -0.1) is 0 Å². The molecule has 71 valence electrons. The van der Waals surface area contributed by atoms with Gasteiger partial charge in [0, 0.05) is 13.2 Å². The fraction of sp³-hybridized carbons (Fsp3) is 0.900. The Labute approximate surface area is 75.2 Å². The maximum absolute atomic E-state index is 5.59. The van der Waals surface area contributed by atoms with E-state index in [1.807, 2.05) is 13.8 Å². The lowest BCUT2D eigenvalue weighted by Gasteiger charge is -2.29. The van der Waals surface area contributed by atoms with E-state index in [4.69, 9.17) is 9.47 Å². The highest BCUT2D eigenvalue weighted by Gasteiger charge is 2.26. The monoisotopic (exact) mass is 171 g/mol. The van der Waals surface area contributed by atoms with E-state index < -0.39 is 0 Å². The van der Waals surface area contributed by atoms with Gasteiger partial charge in [0.2, 0.25) is 0 Å². The quantitative estimate of drug-likeness (QED) is 0.647. The maximum Gasteiger partial charge on any atom is 0.126 e. The van der Waals surface area contributed by atoms with E-state index in [-0.39, 0.29) is 6.10 Å². The van der Waals surface area contributed by atoms with Crippen molar-refractivity contribution in [1.82, 2.24) is 0 Å². The van der Waals surface area contributed by atoms with Crippen LogP contribution in [0.2, 0.25) is 0 Å². The summed E-state index contributed by atoms with van der Waals surface area (Å²) in [6, 6.07) is 0. The number of ether oxygens (including phenoxy) is 2. The molecule has 0 aliphatic heterocycles. The van der Waals surface area contributed by atoms with Gasteiger partial charge in [-0.05, 0) is 26.7 Å². The van der Waals surface area contributed by atoms with Gasteiger partial charge in [-0.3, -0.25) is 0 Å². The highest BCUT2D eigenvalue weighted by molar-refractivity contribution is 4.92. The van der Waals surface area contributed by atoms with Crippen molar-refractivity contribution in [1.29, 1.82) is 0 Å². The third-order valence-electron chi connectivity index (χ3n) is 2.20. The molecule has 1 fully saturated rings. The molecule has 0 aromatic rings. The zero-order valence-electron chi connectivity index (χ0n) is 8.14. The highest BCUT2D eigenvalue weighted by atomic mass is 16.5. The lowest BCUT2D eigenvalue weighted by molar-refractivity contribution is -0.0245. The lowest BCUT2D eigenvalue weighted by atomic mass is 9.94. The van der Waals surface area contributed by atoms with Gasteiger partial charge >= 0.3 is 0 Å². The fourth-order valence-corrected chi connectivity index (χ4v) is 1.68. The van der Waals surface area contributed by atoms with Crippen molar-refractivity contribution in [3.05, 3.63) is 6.10 Å². The average molecular weight is 171 g/mol. The molecule has 1 rings (SSSR count). The predicted molar refractivity (Wildman–Crippen MR) is 48.8 cm³/mol. The van der Waals surface area contributed by atoms with Crippen molar-refractivity contribution >= 4 is 0 Å². The topological polar surface area (TPSA) is 18.5 Å². The van der Waals surface area contributed by atoms with Crippen LogP contribution in [0.25, 0.3) is 0 Å². The fourth-order valence-electron chi connectivity index (χ4n) is 1.68. The van der Waals surface area contributed by atoms with Crippen molar-refractivity contribution in [3.8, 4) is 0 Å². The number of hydrogen-bond donors (Lipinski definition) is 0. The molecule has 1 saturated carbocycles. The Kier molecular flexibility index (Phi) is 4.62. The summed E-state index contributed by atoms with van der Waals surface area (Å²) in [7, 11) is 0. The first-order chi connectivity index (χ1) is 5.88. The molecule has 1 unspecified atom stereocenters. The second kappa shape index (κ2) is 5.55. The van der Waals surface area contributed by atoms with E-state index in [0.717, 1.165) is 26.1 Å². The predicted octanol–water partition coefficient (Wildman–Crippen LogP) is 2.53. The van der Waals surface area contributed by atoms with Crippen molar-refractivity contribution in [2.75, 3.05) is 13.2 Å². The molecule has 1 aliphatic carbocycles. The van der Waals surface area contributed by atoms with Gasteiger partial charge in [-0.25, -0.2) is 0 Å². The Morgan fingerprint density at radius 1 is 1.25 bits per heavy atom. The lowest BCUT2D eigenvalue weighted by Crippen LogP contribution is -2.28. The molecule has 2 heteroatoms. The van der Waals surface area contributed by atoms with E-state index in [1.54, 1.807) is 0 Å². The Hall–Kier alpha value is -0.0800. The molecule has 1 aliphatic rings. The first kappa shape index (κ1) is 10.0. The van der Waals surface area contributed by atoms with Crippen LogP contribution in [0.5, 0.6) is 0 Å². The Morgan fingerprint density at radius 3 is 2.75 bits per heavy atom. The Balaban J connectivity index is 2.31. The van der Waals surface area contributed by atoms with Gasteiger partial charge in [-0.2, -0.15) is 0 Å². The minimum atomic E-state index is 0.281. The molecule has 0 spiro atoms. The standard InChI is InChI=1S/C10H19O2/c1-3-11-9-7-5-6-8-10(9)12-4-2/h9H,3-8H2,1-2H3. The van der Waals surface area contributed by atoms with E-state index in [9.17, 15) is 0 Å². The van der Waals surface area contributed by atoms with Crippen LogP contribution < -0.4 is 0 Å². The van der Waals surface area contributed by atoms with Crippen LogP contribution in [0, 0.1) is 6.10 Å². The first-order valence-electron chi connectivity index (χ1n) is 4.98. The molecule has 0 amide bonds. The van der Waals surface area contributed by atoms with Crippen LogP contribution in [-0.4, -0.2) is 19.3 Å². The summed E-state index contributed by atoms with van der Waals surface area (Å²) < 4.78 is 11.1. The molecular weight excluding hydrogens is 152 g/mol. The summed E-state index contributed by atoms with van der Waals surface area (Å²) in [5.41, 5.74) is 0. The number of rotatable bonds is 4. The van der Waals surface area contributed by atoms with Crippen LogP contribution in [0.4, 0.5) is 0 Å². The molecule has 0 N–H and O–H groups in total.